The van der Waals surface area contributed by atoms with Gasteiger partial charge in [-0.15, -0.1) is 0 Å². The number of nitrogens with one attached hydrogen (secondary N) is 1. The Morgan fingerprint density at radius 1 is 1.37 bits per heavy atom. The zero-order valence-electron chi connectivity index (χ0n) is 12.7. The summed E-state index contributed by atoms with van der Waals surface area (Å²) in [7, 11) is 2.09. The molecule has 0 aromatic carbocycles. The maximum absolute atomic E-state index is 4.37. The Hall–Kier alpha value is -0.830. The summed E-state index contributed by atoms with van der Waals surface area (Å²) in [4.78, 5) is 0. The summed E-state index contributed by atoms with van der Waals surface area (Å²) in [6.07, 6.45) is 8.79. The van der Waals surface area contributed by atoms with Gasteiger partial charge in [-0.1, -0.05) is 33.1 Å². The zero-order chi connectivity index (χ0) is 13.7. The fourth-order valence-electron chi connectivity index (χ4n) is 3.67. The number of nitrogens with zero attached hydrogens (tertiary/aromatic N) is 2. The first-order chi connectivity index (χ1) is 9.26. The van der Waals surface area contributed by atoms with Crippen LogP contribution in [0.25, 0.3) is 0 Å². The third kappa shape index (κ3) is 3.59. The van der Waals surface area contributed by atoms with Crippen LogP contribution in [0.3, 0.4) is 0 Å². The topological polar surface area (TPSA) is 29.9 Å². The van der Waals surface area contributed by atoms with Crippen molar-refractivity contribution in [3.63, 3.8) is 0 Å². The maximum Gasteiger partial charge on any atom is 0.0492 e. The molecule has 1 saturated carbocycles. The van der Waals surface area contributed by atoms with Crippen molar-refractivity contribution in [3.05, 3.63) is 18.0 Å². The van der Waals surface area contributed by atoms with E-state index in [9.17, 15) is 0 Å². The Bertz CT molecular complexity index is 372. The largest absolute Gasteiger partial charge is 0.317 e. The molecule has 1 aliphatic rings. The van der Waals surface area contributed by atoms with Gasteiger partial charge in [0, 0.05) is 24.9 Å². The summed E-state index contributed by atoms with van der Waals surface area (Å²) in [5.41, 5.74) is 1.43. The van der Waals surface area contributed by atoms with E-state index in [0.29, 0.717) is 5.92 Å². The van der Waals surface area contributed by atoms with Crippen molar-refractivity contribution in [2.75, 3.05) is 13.1 Å². The summed E-state index contributed by atoms with van der Waals surface area (Å²) in [6, 6.07) is 2.22. The second kappa shape index (κ2) is 7.09. The molecule has 1 heterocycles. The first-order valence-electron chi connectivity index (χ1n) is 7.94. The first kappa shape index (κ1) is 14.6. The number of hydrogen-bond acceptors (Lipinski definition) is 2. The van der Waals surface area contributed by atoms with Crippen molar-refractivity contribution in [1.82, 2.24) is 15.1 Å². The highest BCUT2D eigenvalue weighted by molar-refractivity contribution is 5.11. The monoisotopic (exact) mass is 263 g/mol. The third-order valence-corrected chi connectivity index (χ3v) is 4.69. The van der Waals surface area contributed by atoms with E-state index in [1.807, 2.05) is 6.20 Å². The summed E-state index contributed by atoms with van der Waals surface area (Å²) in [5, 5.41) is 7.92. The SMILES string of the molecule is CCCC1CCC(CNCC)C(c2ccnn2C)C1. The third-order valence-electron chi connectivity index (χ3n) is 4.69. The van der Waals surface area contributed by atoms with Crippen LogP contribution in [0.4, 0.5) is 0 Å². The summed E-state index contributed by atoms with van der Waals surface area (Å²) < 4.78 is 2.08. The molecule has 108 valence electrons. The van der Waals surface area contributed by atoms with Crippen molar-refractivity contribution in [2.45, 2.75) is 51.9 Å². The molecule has 0 saturated heterocycles. The number of aromatic nitrogens is 2. The van der Waals surface area contributed by atoms with Crippen LogP contribution in [-0.4, -0.2) is 22.9 Å². The predicted octanol–water partition coefficient (Wildman–Crippen LogP) is 3.33. The van der Waals surface area contributed by atoms with Gasteiger partial charge < -0.3 is 5.32 Å². The van der Waals surface area contributed by atoms with E-state index in [2.05, 4.69) is 42.1 Å². The van der Waals surface area contributed by atoms with Gasteiger partial charge in [-0.25, -0.2) is 0 Å². The summed E-state index contributed by atoms with van der Waals surface area (Å²) in [6.45, 7) is 6.74. The van der Waals surface area contributed by atoms with E-state index in [0.717, 1.165) is 24.9 Å². The quantitative estimate of drug-likeness (QED) is 0.853. The van der Waals surface area contributed by atoms with Crippen LogP contribution in [0.5, 0.6) is 0 Å². The standard InChI is InChI=1S/C16H29N3/c1-4-6-13-7-8-14(12-17-5-2)15(11-13)16-9-10-18-19(16)3/h9-10,13-15,17H,4-8,11-12H2,1-3H3. The lowest BCUT2D eigenvalue weighted by molar-refractivity contribution is 0.215. The van der Waals surface area contributed by atoms with E-state index >= 15 is 0 Å². The van der Waals surface area contributed by atoms with Crippen molar-refractivity contribution in [1.29, 1.82) is 0 Å². The highest BCUT2D eigenvalue weighted by atomic mass is 15.3. The van der Waals surface area contributed by atoms with Crippen LogP contribution < -0.4 is 5.32 Å². The molecule has 0 radical (unpaired) electrons. The smallest absolute Gasteiger partial charge is 0.0492 e. The van der Waals surface area contributed by atoms with Crippen LogP contribution in [-0.2, 0) is 7.05 Å². The molecule has 1 aliphatic carbocycles. The minimum atomic E-state index is 0.692. The number of aryl methyl sites for hydroxylation is 1. The zero-order valence-corrected chi connectivity index (χ0v) is 12.7. The Morgan fingerprint density at radius 3 is 2.84 bits per heavy atom. The number of rotatable bonds is 6. The Balaban J connectivity index is 2.09. The molecular weight excluding hydrogens is 234 g/mol. The molecule has 0 aliphatic heterocycles. The van der Waals surface area contributed by atoms with Crippen LogP contribution in [0.2, 0.25) is 0 Å². The lowest BCUT2D eigenvalue weighted by atomic mass is 9.71. The molecule has 1 aromatic heterocycles. The summed E-state index contributed by atoms with van der Waals surface area (Å²) >= 11 is 0. The molecule has 1 fully saturated rings. The Kier molecular flexibility index (Phi) is 5.44. The van der Waals surface area contributed by atoms with Gasteiger partial charge >= 0.3 is 0 Å². The average Bonchev–Trinajstić information content (AvgIpc) is 2.83. The molecule has 3 nitrogen and oxygen atoms in total. The lowest BCUT2D eigenvalue weighted by Crippen LogP contribution is -2.33. The molecule has 0 amide bonds. The molecule has 19 heavy (non-hydrogen) atoms. The van der Waals surface area contributed by atoms with Crippen molar-refractivity contribution < 1.29 is 0 Å². The number of hydrogen-bond donors (Lipinski definition) is 1. The maximum atomic E-state index is 4.37. The molecule has 2 rings (SSSR count). The van der Waals surface area contributed by atoms with Gasteiger partial charge in [-0.05, 0) is 43.8 Å². The molecule has 3 atom stereocenters. The van der Waals surface area contributed by atoms with Crippen molar-refractivity contribution >= 4 is 0 Å². The van der Waals surface area contributed by atoms with Crippen LogP contribution in [0.15, 0.2) is 12.3 Å². The van der Waals surface area contributed by atoms with Crippen molar-refractivity contribution in [2.24, 2.45) is 18.9 Å². The van der Waals surface area contributed by atoms with E-state index in [-0.39, 0.29) is 0 Å². The van der Waals surface area contributed by atoms with Crippen LogP contribution >= 0.6 is 0 Å². The Labute approximate surface area is 117 Å². The van der Waals surface area contributed by atoms with Gasteiger partial charge in [-0.2, -0.15) is 5.10 Å². The predicted molar refractivity (Wildman–Crippen MR) is 80.2 cm³/mol. The van der Waals surface area contributed by atoms with E-state index in [1.54, 1.807) is 0 Å². The average molecular weight is 263 g/mol. The van der Waals surface area contributed by atoms with E-state index < -0.39 is 0 Å². The normalized spacial score (nSPS) is 27.6. The highest BCUT2D eigenvalue weighted by Crippen LogP contribution is 2.41. The van der Waals surface area contributed by atoms with Gasteiger partial charge in [0.1, 0.15) is 0 Å². The second-order valence-corrected chi connectivity index (χ2v) is 6.02. The Morgan fingerprint density at radius 2 is 2.21 bits per heavy atom. The fourth-order valence-corrected chi connectivity index (χ4v) is 3.67. The van der Waals surface area contributed by atoms with E-state index in [1.165, 1.54) is 37.8 Å². The molecule has 3 heteroatoms. The molecule has 3 unspecified atom stereocenters. The molecule has 0 bridgehead atoms. The minimum absolute atomic E-state index is 0.692. The second-order valence-electron chi connectivity index (χ2n) is 6.02. The lowest BCUT2D eigenvalue weighted by Gasteiger charge is -2.36. The first-order valence-corrected chi connectivity index (χ1v) is 7.94. The van der Waals surface area contributed by atoms with Gasteiger partial charge in [0.2, 0.25) is 0 Å². The van der Waals surface area contributed by atoms with Crippen LogP contribution in [0, 0.1) is 11.8 Å². The highest BCUT2D eigenvalue weighted by Gasteiger charge is 2.32. The molecule has 1 aromatic rings. The van der Waals surface area contributed by atoms with Gasteiger partial charge in [0.25, 0.3) is 0 Å². The van der Waals surface area contributed by atoms with Crippen LogP contribution in [0.1, 0.15) is 57.6 Å². The van der Waals surface area contributed by atoms with Gasteiger partial charge in [0.05, 0.1) is 0 Å². The molecule has 0 spiro atoms. The van der Waals surface area contributed by atoms with Gasteiger partial charge in [0.15, 0.2) is 0 Å². The molecule has 1 N–H and O–H groups in total. The summed E-state index contributed by atoms with van der Waals surface area (Å²) in [5.74, 6) is 2.39. The van der Waals surface area contributed by atoms with Crippen molar-refractivity contribution in [3.8, 4) is 0 Å². The molecular formula is C16H29N3. The minimum Gasteiger partial charge on any atom is -0.317 e. The fraction of sp³-hybridized carbons (Fsp3) is 0.812. The van der Waals surface area contributed by atoms with E-state index in [4.69, 9.17) is 0 Å². The van der Waals surface area contributed by atoms with Gasteiger partial charge in [-0.3, -0.25) is 4.68 Å².